The number of para-hydroxylation sites is 1. The van der Waals surface area contributed by atoms with E-state index in [9.17, 15) is 14.7 Å². The van der Waals surface area contributed by atoms with E-state index in [1.165, 1.54) is 12.1 Å². The van der Waals surface area contributed by atoms with Gasteiger partial charge >= 0.3 is 5.63 Å². The Labute approximate surface area is 211 Å². The lowest BCUT2D eigenvalue weighted by molar-refractivity contribution is 0.301. The molecule has 0 saturated heterocycles. The largest absolute Gasteiger partial charge is 0.503 e. The van der Waals surface area contributed by atoms with E-state index < -0.39 is 11.1 Å². The molecule has 3 heterocycles. The van der Waals surface area contributed by atoms with Crippen molar-refractivity contribution in [3.8, 4) is 17.2 Å². The molecular formula is C27H25N5O5. The molecule has 0 unspecified atom stereocenters. The summed E-state index contributed by atoms with van der Waals surface area (Å²) in [5.74, 6) is 0.302. The first-order valence-corrected chi connectivity index (χ1v) is 11.7. The molecule has 188 valence electrons. The van der Waals surface area contributed by atoms with Crippen LogP contribution in [-0.4, -0.2) is 31.2 Å². The van der Waals surface area contributed by atoms with E-state index in [-0.39, 0.29) is 12.4 Å². The maximum absolute atomic E-state index is 12.2. The van der Waals surface area contributed by atoms with Gasteiger partial charge in [-0.15, -0.1) is 5.10 Å². The molecular weight excluding hydrogens is 474 g/mol. The van der Waals surface area contributed by atoms with Gasteiger partial charge in [0.1, 0.15) is 23.6 Å². The molecule has 0 atom stereocenters. The second-order valence-electron chi connectivity index (χ2n) is 8.51. The molecule has 0 radical (unpaired) electrons. The molecule has 2 N–H and O–H groups in total. The number of rotatable bonds is 9. The highest BCUT2D eigenvalue weighted by Gasteiger charge is 2.10. The van der Waals surface area contributed by atoms with Crippen LogP contribution >= 0.6 is 0 Å². The number of nitrogens with zero attached hydrogens (tertiary/aromatic N) is 4. The van der Waals surface area contributed by atoms with Gasteiger partial charge in [0.2, 0.25) is 5.43 Å². The summed E-state index contributed by atoms with van der Waals surface area (Å²) in [7, 11) is 0. The Bertz CT molecular complexity index is 1660. The number of aromatic nitrogens is 4. The summed E-state index contributed by atoms with van der Waals surface area (Å²) >= 11 is 0. The Morgan fingerprint density at radius 2 is 1.92 bits per heavy atom. The molecule has 0 aliphatic carbocycles. The second kappa shape index (κ2) is 10.5. The zero-order valence-electron chi connectivity index (χ0n) is 20.1. The number of hydrogen-bond donors (Lipinski definition) is 2. The summed E-state index contributed by atoms with van der Waals surface area (Å²) in [6, 6.07) is 17.8. The van der Waals surface area contributed by atoms with Crippen LogP contribution in [0.15, 0.2) is 87.1 Å². The molecule has 0 aliphatic heterocycles. The third-order valence-corrected chi connectivity index (χ3v) is 6.01. The lowest BCUT2D eigenvalue weighted by atomic mass is 10.1. The molecule has 0 fully saturated rings. The van der Waals surface area contributed by atoms with Gasteiger partial charge < -0.3 is 24.1 Å². The predicted octanol–water partition coefficient (Wildman–Crippen LogP) is 2.92. The van der Waals surface area contributed by atoms with Crippen LogP contribution in [0.1, 0.15) is 17.0 Å². The third kappa shape index (κ3) is 5.44. The second-order valence-corrected chi connectivity index (χ2v) is 8.51. The Kier molecular flexibility index (Phi) is 6.82. The average molecular weight is 500 g/mol. The van der Waals surface area contributed by atoms with E-state index in [1.807, 2.05) is 42.5 Å². The van der Waals surface area contributed by atoms with Crippen LogP contribution in [0.3, 0.4) is 0 Å². The summed E-state index contributed by atoms with van der Waals surface area (Å²) in [6.45, 7) is 3.46. The molecule has 0 saturated carbocycles. The molecule has 0 aliphatic rings. The smallest absolute Gasteiger partial charge is 0.336 e. The van der Waals surface area contributed by atoms with Crippen molar-refractivity contribution in [2.24, 2.45) is 0 Å². The number of fused-ring (bicyclic) bond motifs is 1. The molecule has 0 spiro atoms. The minimum Gasteiger partial charge on any atom is -0.503 e. The van der Waals surface area contributed by atoms with Crippen molar-refractivity contribution in [1.82, 2.24) is 24.9 Å². The fourth-order valence-electron chi connectivity index (χ4n) is 4.00. The van der Waals surface area contributed by atoms with Gasteiger partial charge in [0.25, 0.3) is 0 Å². The first kappa shape index (κ1) is 24.0. The molecule has 5 rings (SSSR count). The lowest BCUT2D eigenvalue weighted by Crippen LogP contribution is -2.22. The van der Waals surface area contributed by atoms with Crippen molar-refractivity contribution >= 4 is 11.0 Å². The number of pyridine rings is 1. The van der Waals surface area contributed by atoms with Gasteiger partial charge in [-0.3, -0.25) is 4.79 Å². The predicted molar refractivity (Wildman–Crippen MR) is 137 cm³/mol. The first-order valence-electron chi connectivity index (χ1n) is 11.7. The summed E-state index contributed by atoms with van der Waals surface area (Å²) in [5.41, 5.74) is 2.45. The summed E-state index contributed by atoms with van der Waals surface area (Å²) in [5, 5.41) is 22.2. The van der Waals surface area contributed by atoms with Crippen LogP contribution in [0.4, 0.5) is 0 Å². The highest BCUT2D eigenvalue weighted by molar-refractivity contribution is 5.81. The summed E-state index contributed by atoms with van der Waals surface area (Å²) < 4.78 is 14.8. The normalized spacial score (nSPS) is 11.2. The Balaban J connectivity index is 1.23. The number of nitrogens with one attached hydrogen (secondary N) is 1. The Morgan fingerprint density at radius 3 is 2.76 bits per heavy atom. The molecule has 37 heavy (non-hydrogen) atoms. The molecule has 0 bridgehead atoms. The van der Waals surface area contributed by atoms with Gasteiger partial charge in [-0.25, -0.2) is 9.48 Å². The monoisotopic (exact) mass is 499 g/mol. The van der Waals surface area contributed by atoms with Gasteiger partial charge in [0.05, 0.1) is 17.6 Å². The minimum absolute atomic E-state index is 0.212. The Morgan fingerprint density at radius 1 is 1.08 bits per heavy atom. The number of aromatic hydroxyl groups is 1. The van der Waals surface area contributed by atoms with Crippen LogP contribution in [0.2, 0.25) is 0 Å². The number of hydrogen-bond acceptors (Lipinski definition) is 8. The number of ether oxygens (including phenoxy) is 1. The van der Waals surface area contributed by atoms with Crippen molar-refractivity contribution in [2.75, 3.05) is 6.54 Å². The van der Waals surface area contributed by atoms with Gasteiger partial charge in [-0.2, -0.15) is 0 Å². The zero-order valence-corrected chi connectivity index (χ0v) is 20.1. The van der Waals surface area contributed by atoms with Crippen LogP contribution in [0, 0.1) is 6.92 Å². The van der Waals surface area contributed by atoms with E-state index in [4.69, 9.17) is 9.15 Å². The van der Waals surface area contributed by atoms with E-state index in [0.29, 0.717) is 42.4 Å². The topological polar surface area (TPSA) is 124 Å². The average Bonchev–Trinajstić information content (AvgIpc) is 3.39. The van der Waals surface area contributed by atoms with Gasteiger partial charge in [0.15, 0.2) is 5.75 Å². The van der Waals surface area contributed by atoms with E-state index in [0.717, 1.165) is 16.6 Å². The summed E-state index contributed by atoms with van der Waals surface area (Å²) in [6.07, 6.45) is 3.45. The standard InChI is InChI=1S/C27H25N5O5/c1-18-27(35)24(33)9-11-31(18)12-10-28-15-19-13-26(34)37-25-14-22(7-8-23(19)25)36-17-20-16-32(30-29-20)21-5-3-2-4-6-21/h2-9,11,13-14,16,28,35H,10,12,15,17H2,1H3. The number of benzene rings is 2. The Hall–Kier alpha value is -4.70. The molecule has 10 nitrogen and oxygen atoms in total. The van der Waals surface area contributed by atoms with Crippen LogP contribution in [0.25, 0.3) is 16.7 Å². The van der Waals surface area contributed by atoms with Crippen molar-refractivity contribution in [2.45, 2.75) is 26.6 Å². The minimum atomic E-state index is -0.451. The molecule has 10 heteroatoms. The quantitative estimate of drug-likeness (QED) is 0.234. The molecule has 2 aromatic carbocycles. The van der Waals surface area contributed by atoms with Gasteiger partial charge in [-0.1, -0.05) is 23.4 Å². The van der Waals surface area contributed by atoms with Gasteiger partial charge in [0, 0.05) is 49.4 Å². The lowest BCUT2D eigenvalue weighted by Gasteiger charge is -2.13. The highest BCUT2D eigenvalue weighted by Crippen LogP contribution is 2.23. The zero-order chi connectivity index (χ0) is 25.8. The fraction of sp³-hybridized carbons (Fsp3) is 0.185. The van der Waals surface area contributed by atoms with E-state index in [2.05, 4.69) is 15.6 Å². The molecule has 5 aromatic rings. The third-order valence-electron chi connectivity index (χ3n) is 6.01. The molecule has 0 amide bonds. The van der Waals surface area contributed by atoms with Crippen LogP contribution in [0.5, 0.6) is 11.5 Å². The first-order chi connectivity index (χ1) is 18.0. The van der Waals surface area contributed by atoms with Crippen molar-refractivity contribution in [1.29, 1.82) is 0 Å². The summed E-state index contributed by atoms with van der Waals surface area (Å²) in [4.78, 5) is 23.7. The fourth-order valence-corrected chi connectivity index (χ4v) is 4.00. The maximum Gasteiger partial charge on any atom is 0.336 e. The van der Waals surface area contributed by atoms with Gasteiger partial charge in [-0.05, 0) is 36.8 Å². The van der Waals surface area contributed by atoms with Crippen molar-refractivity contribution < 1.29 is 14.3 Å². The van der Waals surface area contributed by atoms with Crippen LogP contribution < -0.4 is 21.1 Å². The SMILES string of the molecule is Cc1c(O)c(=O)ccn1CCNCc1cc(=O)oc2cc(OCc3cn(-c4ccccc4)nn3)ccc12. The van der Waals surface area contributed by atoms with Crippen LogP contribution in [-0.2, 0) is 19.7 Å². The van der Waals surface area contributed by atoms with E-state index >= 15 is 0 Å². The van der Waals surface area contributed by atoms with Crippen molar-refractivity contribution in [3.63, 3.8) is 0 Å². The van der Waals surface area contributed by atoms with E-state index in [1.54, 1.807) is 34.6 Å². The maximum atomic E-state index is 12.2. The highest BCUT2D eigenvalue weighted by atomic mass is 16.5. The molecule has 3 aromatic heterocycles. The van der Waals surface area contributed by atoms with Crippen molar-refractivity contribution in [3.05, 3.63) is 111 Å².